The molecule has 0 aliphatic heterocycles. The van der Waals surface area contributed by atoms with E-state index in [9.17, 15) is 0 Å². The zero-order valence-corrected chi connectivity index (χ0v) is 18.7. The molecule has 0 atom stereocenters. The van der Waals surface area contributed by atoms with Crippen molar-refractivity contribution in [3.63, 3.8) is 0 Å². The highest BCUT2D eigenvalue weighted by molar-refractivity contribution is 5.56. The van der Waals surface area contributed by atoms with Gasteiger partial charge in [0, 0.05) is 82.0 Å². The zero-order valence-electron chi connectivity index (χ0n) is 18.7. The Kier molecular flexibility index (Phi) is 6.48. The van der Waals surface area contributed by atoms with Gasteiger partial charge in [0.05, 0.1) is 0 Å². The highest BCUT2D eigenvalue weighted by Crippen LogP contribution is 2.38. The molecule has 3 nitrogen and oxygen atoms in total. The lowest BCUT2D eigenvalue weighted by Crippen LogP contribution is -2.15. The van der Waals surface area contributed by atoms with E-state index in [4.69, 9.17) is 0 Å². The normalized spacial score (nSPS) is 11.0. The second-order valence-electron chi connectivity index (χ2n) is 8.23. The summed E-state index contributed by atoms with van der Waals surface area (Å²) in [6.45, 7) is 0. The third-order valence-electron chi connectivity index (χ3n) is 5.43. The highest BCUT2D eigenvalue weighted by Gasteiger charge is 2.27. The van der Waals surface area contributed by atoms with Gasteiger partial charge in [-0.2, -0.15) is 0 Å². The van der Waals surface area contributed by atoms with Gasteiger partial charge in [-0.15, -0.1) is 0 Å². The van der Waals surface area contributed by atoms with Crippen LogP contribution in [0.1, 0.15) is 22.6 Å². The standard InChI is InChI=1S/C25H28F3N3/c1-29(2)16-7-10-19(22(26)13-16)25(20-11-8-17(30(3)4)14-23(20)27)21-12-9-18(31(5)6)15-24(21)28/h7-15,25H,1-6H3. The molecule has 0 heterocycles. The van der Waals surface area contributed by atoms with Crippen LogP contribution in [0.2, 0.25) is 0 Å². The summed E-state index contributed by atoms with van der Waals surface area (Å²) in [5.74, 6) is -2.46. The van der Waals surface area contributed by atoms with E-state index >= 15 is 13.2 Å². The molecule has 0 unspecified atom stereocenters. The maximum absolute atomic E-state index is 15.2. The number of anilines is 3. The quantitative estimate of drug-likeness (QED) is 0.482. The molecule has 3 aromatic carbocycles. The van der Waals surface area contributed by atoms with Gasteiger partial charge in [-0.3, -0.25) is 0 Å². The summed E-state index contributed by atoms with van der Waals surface area (Å²) >= 11 is 0. The average Bonchev–Trinajstić information content (AvgIpc) is 2.70. The van der Waals surface area contributed by atoms with Crippen molar-refractivity contribution in [2.75, 3.05) is 57.0 Å². The first-order valence-electron chi connectivity index (χ1n) is 10.0. The van der Waals surface area contributed by atoms with Crippen molar-refractivity contribution >= 4 is 17.1 Å². The van der Waals surface area contributed by atoms with E-state index in [-0.39, 0.29) is 16.7 Å². The van der Waals surface area contributed by atoms with Crippen LogP contribution in [0.3, 0.4) is 0 Å². The van der Waals surface area contributed by atoms with Crippen molar-refractivity contribution in [1.82, 2.24) is 0 Å². The maximum Gasteiger partial charge on any atom is 0.129 e. The van der Waals surface area contributed by atoms with Gasteiger partial charge in [-0.05, 0) is 36.4 Å². The Balaban J connectivity index is 2.23. The maximum atomic E-state index is 15.2. The molecule has 0 aliphatic rings. The number of hydrogen-bond acceptors (Lipinski definition) is 3. The van der Waals surface area contributed by atoms with Gasteiger partial charge >= 0.3 is 0 Å². The fourth-order valence-corrected chi connectivity index (χ4v) is 3.59. The first-order chi connectivity index (χ1) is 14.6. The minimum absolute atomic E-state index is 0.221. The topological polar surface area (TPSA) is 9.72 Å². The lowest BCUT2D eigenvalue weighted by molar-refractivity contribution is 0.569. The van der Waals surface area contributed by atoms with Crippen LogP contribution in [0.25, 0.3) is 0 Å². The van der Waals surface area contributed by atoms with E-state index in [0.717, 1.165) is 0 Å². The van der Waals surface area contributed by atoms with Gasteiger partial charge < -0.3 is 14.7 Å². The molecule has 0 radical (unpaired) electrons. The van der Waals surface area contributed by atoms with Gasteiger partial charge in [0.25, 0.3) is 0 Å². The fourth-order valence-electron chi connectivity index (χ4n) is 3.59. The Labute approximate surface area is 182 Å². The average molecular weight is 428 g/mol. The first-order valence-corrected chi connectivity index (χ1v) is 10.0. The summed E-state index contributed by atoms with van der Waals surface area (Å²) < 4.78 is 45.7. The molecule has 0 fully saturated rings. The molecule has 0 aliphatic carbocycles. The van der Waals surface area contributed by atoms with E-state index in [0.29, 0.717) is 17.1 Å². The predicted octanol–water partition coefficient (Wildman–Crippen LogP) is 5.48. The molecule has 3 aromatic rings. The van der Waals surface area contributed by atoms with Crippen molar-refractivity contribution in [3.8, 4) is 0 Å². The lowest BCUT2D eigenvalue weighted by Gasteiger charge is -2.24. The fraction of sp³-hybridized carbons (Fsp3) is 0.280. The smallest absolute Gasteiger partial charge is 0.129 e. The Bertz CT molecular complexity index is 941. The molecule has 0 aromatic heterocycles. The van der Waals surface area contributed by atoms with Crippen LogP contribution in [0.5, 0.6) is 0 Å². The second kappa shape index (κ2) is 8.92. The molecular formula is C25H28F3N3. The lowest BCUT2D eigenvalue weighted by atomic mass is 9.83. The summed E-state index contributed by atoms with van der Waals surface area (Å²) in [4.78, 5) is 5.34. The van der Waals surface area contributed by atoms with Crippen LogP contribution < -0.4 is 14.7 Å². The van der Waals surface area contributed by atoms with Crippen LogP contribution >= 0.6 is 0 Å². The van der Waals surface area contributed by atoms with Crippen molar-refractivity contribution in [2.45, 2.75) is 5.92 Å². The van der Waals surface area contributed by atoms with Crippen LogP contribution in [0.4, 0.5) is 30.2 Å². The van der Waals surface area contributed by atoms with Gasteiger partial charge in [-0.1, -0.05) is 18.2 Å². The number of rotatable bonds is 6. The van der Waals surface area contributed by atoms with Crippen molar-refractivity contribution < 1.29 is 13.2 Å². The van der Waals surface area contributed by atoms with Gasteiger partial charge in [-0.25, -0.2) is 13.2 Å². The third kappa shape index (κ3) is 4.63. The molecule has 3 rings (SSSR count). The van der Waals surface area contributed by atoms with E-state index in [1.165, 1.54) is 18.2 Å². The van der Waals surface area contributed by atoms with E-state index in [1.54, 1.807) is 51.1 Å². The van der Waals surface area contributed by atoms with Gasteiger partial charge in [0.2, 0.25) is 0 Å². The molecule has 0 saturated heterocycles. The van der Waals surface area contributed by atoms with Gasteiger partial charge in [0.1, 0.15) is 17.5 Å². The summed E-state index contributed by atoms with van der Waals surface area (Å²) in [5, 5.41) is 0. The minimum Gasteiger partial charge on any atom is -0.378 e. The monoisotopic (exact) mass is 427 g/mol. The van der Waals surface area contributed by atoms with Gasteiger partial charge in [0.15, 0.2) is 0 Å². The zero-order chi connectivity index (χ0) is 22.9. The number of halogens is 3. The number of nitrogens with zero attached hydrogens (tertiary/aromatic N) is 3. The summed E-state index contributed by atoms with van der Waals surface area (Å²) in [6, 6.07) is 14.2. The van der Waals surface area contributed by atoms with E-state index in [2.05, 4.69) is 0 Å². The molecular weight excluding hydrogens is 399 g/mol. The van der Waals surface area contributed by atoms with Crippen LogP contribution in [-0.2, 0) is 0 Å². The van der Waals surface area contributed by atoms with Crippen molar-refractivity contribution in [1.29, 1.82) is 0 Å². The third-order valence-corrected chi connectivity index (χ3v) is 5.43. The van der Waals surface area contributed by atoms with Crippen molar-refractivity contribution in [3.05, 3.63) is 88.7 Å². The Hall–Kier alpha value is -3.15. The van der Waals surface area contributed by atoms with Crippen molar-refractivity contribution in [2.24, 2.45) is 0 Å². The molecule has 31 heavy (non-hydrogen) atoms. The molecule has 0 amide bonds. The number of benzene rings is 3. The largest absolute Gasteiger partial charge is 0.378 e. The second-order valence-corrected chi connectivity index (χ2v) is 8.23. The number of hydrogen-bond donors (Lipinski definition) is 0. The SMILES string of the molecule is CN(C)c1ccc(C(c2ccc(N(C)C)cc2F)c2ccc(N(C)C)cc2F)c(F)c1. The Morgan fingerprint density at radius 1 is 0.484 bits per heavy atom. The summed E-state index contributed by atoms with van der Waals surface area (Å²) in [5.41, 5.74) is 2.68. The van der Waals surface area contributed by atoms with Crippen LogP contribution in [-0.4, -0.2) is 42.3 Å². The van der Waals surface area contributed by atoms with E-state index < -0.39 is 23.4 Å². The van der Waals surface area contributed by atoms with Crippen LogP contribution in [0, 0.1) is 17.5 Å². The summed E-state index contributed by atoms with van der Waals surface area (Å²) in [7, 11) is 10.9. The highest BCUT2D eigenvalue weighted by atomic mass is 19.1. The minimum atomic E-state index is -0.927. The van der Waals surface area contributed by atoms with Crippen LogP contribution in [0.15, 0.2) is 54.6 Å². The molecule has 0 spiro atoms. The molecule has 0 N–H and O–H groups in total. The van der Waals surface area contributed by atoms with E-state index in [1.807, 2.05) is 42.3 Å². The predicted molar refractivity (Wildman–Crippen MR) is 123 cm³/mol. The molecule has 0 bridgehead atoms. The Morgan fingerprint density at radius 2 is 0.742 bits per heavy atom. The molecule has 0 saturated carbocycles. The first kappa shape index (κ1) is 22.5. The summed E-state index contributed by atoms with van der Waals surface area (Å²) in [6.07, 6.45) is 0. The molecule has 6 heteroatoms. The Morgan fingerprint density at radius 3 is 0.935 bits per heavy atom. The molecule has 164 valence electrons.